The van der Waals surface area contributed by atoms with E-state index in [0.29, 0.717) is 17.7 Å². The van der Waals surface area contributed by atoms with Gasteiger partial charge >= 0.3 is 5.97 Å². The lowest BCUT2D eigenvalue weighted by Gasteiger charge is -2.14. The van der Waals surface area contributed by atoms with E-state index in [2.05, 4.69) is 5.32 Å². The highest BCUT2D eigenvalue weighted by molar-refractivity contribution is 5.84. The second-order valence-corrected chi connectivity index (χ2v) is 4.52. The quantitative estimate of drug-likeness (QED) is 0.637. The fourth-order valence-electron chi connectivity index (χ4n) is 1.69. The molecule has 0 fully saturated rings. The van der Waals surface area contributed by atoms with Crippen molar-refractivity contribution in [3.63, 3.8) is 0 Å². The Morgan fingerprint density at radius 1 is 1.32 bits per heavy atom. The Balaban J connectivity index is 2.52. The van der Waals surface area contributed by atoms with E-state index in [0.717, 1.165) is 0 Å². The number of ether oxygens (including phenoxy) is 2. The van der Waals surface area contributed by atoms with Crippen molar-refractivity contribution in [2.45, 2.75) is 12.5 Å². The third kappa shape index (κ3) is 6.35. The van der Waals surface area contributed by atoms with Gasteiger partial charge in [0.25, 0.3) is 0 Å². The van der Waals surface area contributed by atoms with Gasteiger partial charge in [-0.05, 0) is 17.7 Å². The number of benzene rings is 1. The summed E-state index contributed by atoms with van der Waals surface area (Å²) in [6.45, 7) is 0.401. The molecule has 0 spiro atoms. The van der Waals surface area contributed by atoms with Crippen LogP contribution < -0.4 is 5.32 Å². The summed E-state index contributed by atoms with van der Waals surface area (Å²) < 4.78 is 9.80. The summed E-state index contributed by atoms with van der Waals surface area (Å²) in [5.74, 6) is -1.63. The molecule has 1 atom stereocenters. The summed E-state index contributed by atoms with van der Waals surface area (Å²) >= 11 is 0. The van der Waals surface area contributed by atoms with Gasteiger partial charge < -0.3 is 19.9 Å². The Morgan fingerprint density at radius 3 is 2.55 bits per heavy atom. The number of hydrogen-bond donors (Lipinski definition) is 2. The third-order valence-electron chi connectivity index (χ3n) is 2.82. The van der Waals surface area contributed by atoms with Gasteiger partial charge in [-0.25, -0.2) is 4.79 Å². The molecule has 1 amide bonds. The minimum atomic E-state index is -1.13. The molecule has 22 heavy (non-hydrogen) atoms. The number of aliphatic carboxylic acids is 1. The highest BCUT2D eigenvalue weighted by Gasteiger charge is 2.20. The van der Waals surface area contributed by atoms with Crippen molar-refractivity contribution in [1.82, 2.24) is 5.32 Å². The van der Waals surface area contributed by atoms with Crippen molar-refractivity contribution in [2.75, 3.05) is 26.9 Å². The average Bonchev–Trinajstić information content (AvgIpc) is 2.51. The molecular weight excluding hydrogens is 288 g/mol. The fraction of sp³-hybridized carbons (Fsp3) is 0.400. The maximum atomic E-state index is 11.6. The topological polar surface area (TPSA) is 109 Å². The van der Waals surface area contributed by atoms with Crippen LogP contribution >= 0.6 is 0 Å². The van der Waals surface area contributed by atoms with Crippen LogP contribution in [0.4, 0.5) is 0 Å². The zero-order valence-corrected chi connectivity index (χ0v) is 12.2. The Morgan fingerprint density at radius 2 is 2.00 bits per heavy atom. The van der Waals surface area contributed by atoms with Gasteiger partial charge in [0.2, 0.25) is 5.91 Å². The third-order valence-corrected chi connectivity index (χ3v) is 2.82. The average molecular weight is 306 g/mol. The summed E-state index contributed by atoms with van der Waals surface area (Å²) in [5, 5.41) is 20.3. The smallest absolute Gasteiger partial charge is 0.326 e. The largest absolute Gasteiger partial charge is 0.480 e. The summed E-state index contributed by atoms with van der Waals surface area (Å²) in [6, 6.07) is 7.46. The zero-order chi connectivity index (χ0) is 16.4. The number of nitrogens with zero attached hydrogens (tertiary/aromatic N) is 1. The highest BCUT2D eigenvalue weighted by atomic mass is 16.5. The number of methoxy groups -OCH3 is 1. The maximum Gasteiger partial charge on any atom is 0.326 e. The van der Waals surface area contributed by atoms with Gasteiger partial charge in [0, 0.05) is 13.5 Å². The molecular formula is C15H18N2O5. The predicted molar refractivity (Wildman–Crippen MR) is 77.1 cm³/mol. The summed E-state index contributed by atoms with van der Waals surface area (Å²) in [5.41, 5.74) is 1.21. The number of hydrogen-bond acceptors (Lipinski definition) is 5. The van der Waals surface area contributed by atoms with E-state index in [4.69, 9.17) is 19.8 Å². The number of carbonyl (C=O) groups excluding carboxylic acids is 1. The zero-order valence-electron chi connectivity index (χ0n) is 12.2. The van der Waals surface area contributed by atoms with Gasteiger partial charge in [-0.3, -0.25) is 4.79 Å². The van der Waals surface area contributed by atoms with Crippen LogP contribution in [-0.2, 0) is 25.5 Å². The van der Waals surface area contributed by atoms with Crippen molar-refractivity contribution in [3.05, 3.63) is 35.4 Å². The van der Waals surface area contributed by atoms with Crippen LogP contribution in [0.3, 0.4) is 0 Å². The second kappa shape index (κ2) is 9.50. The number of nitriles is 1. The molecule has 0 saturated heterocycles. The van der Waals surface area contributed by atoms with Crippen LogP contribution in [0.15, 0.2) is 24.3 Å². The summed E-state index contributed by atoms with van der Waals surface area (Å²) in [7, 11) is 1.52. The van der Waals surface area contributed by atoms with E-state index >= 15 is 0 Å². The van der Waals surface area contributed by atoms with Crippen LogP contribution in [0, 0.1) is 11.3 Å². The molecule has 2 N–H and O–H groups in total. The van der Waals surface area contributed by atoms with Crippen molar-refractivity contribution >= 4 is 11.9 Å². The number of amides is 1. The molecule has 0 aliphatic heterocycles. The van der Waals surface area contributed by atoms with Crippen molar-refractivity contribution < 1.29 is 24.2 Å². The minimum absolute atomic E-state index is 0.130. The van der Waals surface area contributed by atoms with Crippen LogP contribution in [0.25, 0.3) is 0 Å². The molecule has 0 aliphatic carbocycles. The maximum absolute atomic E-state index is 11.6. The fourth-order valence-corrected chi connectivity index (χ4v) is 1.69. The molecule has 7 heteroatoms. The number of nitrogens with one attached hydrogen (secondary N) is 1. The van der Waals surface area contributed by atoms with E-state index in [1.807, 2.05) is 6.07 Å². The van der Waals surface area contributed by atoms with Crippen molar-refractivity contribution in [3.8, 4) is 6.07 Å². The molecule has 1 aromatic carbocycles. The van der Waals surface area contributed by atoms with E-state index in [1.54, 1.807) is 24.3 Å². The van der Waals surface area contributed by atoms with Crippen LogP contribution in [0.1, 0.15) is 11.1 Å². The lowest BCUT2D eigenvalue weighted by molar-refractivity contribution is -0.142. The molecule has 118 valence electrons. The molecule has 0 saturated carbocycles. The molecule has 0 unspecified atom stereocenters. The molecule has 0 heterocycles. The van der Waals surface area contributed by atoms with Gasteiger partial charge in [-0.2, -0.15) is 5.26 Å². The predicted octanol–water partition coefficient (Wildman–Crippen LogP) is 0.333. The number of rotatable bonds is 9. The Bertz CT molecular complexity index is 536. The number of carbonyl (C=O) groups is 2. The molecule has 0 aliphatic rings. The minimum Gasteiger partial charge on any atom is -0.480 e. The van der Waals surface area contributed by atoms with Crippen molar-refractivity contribution in [2.24, 2.45) is 0 Å². The Hall–Kier alpha value is -2.43. The van der Waals surface area contributed by atoms with Gasteiger partial charge in [0.05, 0.1) is 24.8 Å². The first-order chi connectivity index (χ1) is 10.6. The van der Waals surface area contributed by atoms with Crippen LogP contribution in [-0.4, -0.2) is 50.0 Å². The molecule has 0 aromatic heterocycles. The first-order valence-electron chi connectivity index (χ1n) is 6.64. The Kier molecular flexibility index (Phi) is 7.61. The van der Waals surface area contributed by atoms with Crippen LogP contribution in [0.2, 0.25) is 0 Å². The van der Waals surface area contributed by atoms with Crippen molar-refractivity contribution in [1.29, 1.82) is 5.26 Å². The summed E-state index contributed by atoms with van der Waals surface area (Å²) in [6.07, 6.45) is 0.130. The van der Waals surface area contributed by atoms with Gasteiger partial charge in [0.1, 0.15) is 12.6 Å². The Labute approximate surface area is 128 Å². The molecule has 1 aromatic rings. The lowest BCUT2D eigenvalue weighted by Crippen LogP contribution is -2.44. The number of carboxylic acid groups (broad SMARTS) is 1. The molecule has 0 bridgehead atoms. The lowest BCUT2D eigenvalue weighted by atomic mass is 10.0. The normalized spacial score (nSPS) is 11.5. The summed E-state index contributed by atoms with van der Waals surface area (Å²) in [4.78, 5) is 22.8. The van der Waals surface area contributed by atoms with E-state index in [1.165, 1.54) is 7.11 Å². The molecule has 1 rings (SSSR count). The highest BCUT2D eigenvalue weighted by Crippen LogP contribution is 2.06. The van der Waals surface area contributed by atoms with Gasteiger partial charge in [-0.1, -0.05) is 12.1 Å². The number of carboxylic acids is 1. The molecule has 7 nitrogen and oxygen atoms in total. The van der Waals surface area contributed by atoms with Crippen LogP contribution in [0.5, 0.6) is 0 Å². The first-order valence-corrected chi connectivity index (χ1v) is 6.64. The van der Waals surface area contributed by atoms with E-state index < -0.39 is 17.9 Å². The van der Waals surface area contributed by atoms with E-state index in [9.17, 15) is 9.59 Å². The molecule has 0 radical (unpaired) electrons. The SMILES string of the molecule is COCCOCC(=O)N[C@@H](Cc1ccc(C#N)cc1)C(=O)O. The first kappa shape index (κ1) is 17.6. The second-order valence-electron chi connectivity index (χ2n) is 4.52. The van der Waals surface area contributed by atoms with Gasteiger partial charge in [-0.15, -0.1) is 0 Å². The van der Waals surface area contributed by atoms with Gasteiger partial charge in [0.15, 0.2) is 0 Å². The monoisotopic (exact) mass is 306 g/mol. The van der Waals surface area contributed by atoms with E-state index in [-0.39, 0.29) is 19.6 Å². The standard InChI is InChI=1S/C15H18N2O5/c1-21-6-7-22-10-14(18)17-13(15(19)20)8-11-2-4-12(9-16)5-3-11/h2-5,13H,6-8,10H2,1H3,(H,17,18)(H,19,20)/t13-/m0/s1.